The number of carbonyl (C=O) groups is 2. The van der Waals surface area contributed by atoms with E-state index in [0.29, 0.717) is 15.6 Å². The summed E-state index contributed by atoms with van der Waals surface area (Å²) in [5, 5.41) is 2.39. The smallest absolute Gasteiger partial charge is 0.412 e. The first-order valence-corrected chi connectivity index (χ1v) is 11.9. The molecule has 2 aromatic rings. The standard InChI is InChI=1S/C22H24BrNO6S/c1-22(2,31(4,27)28)17-11-10-16(18(23)13-17)12-19(20(25)29-3)24-21(26)30-14-15-8-6-5-7-9-15/h5-13H,14H2,1-4H3,(H,24,26)/b19-12-. The molecule has 31 heavy (non-hydrogen) atoms. The second kappa shape index (κ2) is 10.1. The minimum atomic E-state index is -3.35. The highest BCUT2D eigenvalue weighted by Gasteiger charge is 2.32. The lowest BCUT2D eigenvalue weighted by Crippen LogP contribution is -2.29. The predicted octanol–water partition coefficient (Wildman–Crippen LogP) is 4.17. The van der Waals surface area contributed by atoms with Crippen molar-refractivity contribution in [1.29, 1.82) is 0 Å². The number of nitrogens with one attached hydrogen (secondary N) is 1. The molecule has 0 bridgehead atoms. The number of methoxy groups -OCH3 is 1. The van der Waals surface area contributed by atoms with E-state index in [1.54, 1.807) is 44.2 Å². The second-order valence-electron chi connectivity index (χ2n) is 7.26. The summed E-state index contributed by atoms with van der Waals surface area (Å²) in [5.74, 6) is -0.760. The maximum absolute atomic E-state index is 12.2. The Balaban J connectivity index is 2.25. The van der Waals surface area contributed by atoms with Crippen LogP contribution in [0.5, 0.6) is 0 Å². The first-order valence-electron chi connectivity index (χ1n) is 9.23. The fraction of sp³-hybridized carbons (Fsp3) is 0.273. The van der Waals surface area contributed by atoms with Gasteiger partial charge >= 0.3 is 12.1 Å². The van der Waals surface area contributed by atoms with Crippen LogP contribution in [0, 0.1) is 0 Å². The number of rotatable bonds is 7. The molecule has 1 N–H and O–H groups in total. The summed E-state index contributed by atoms with van der Waals surface area (Å²) in [7, 11) is -2.16. The zero-order valence-electron chi connectivity index (χ0n) is 17.6. The molecule has 0 aromatic heterocycles. The van der Waals surface area contributed by atoms with Crippen LogP contribution in [0.2, 0.25) is 0 Å². The summed E-state index contributed by atoms with van der Waals surface area (Å²) in [6, 6.07) is 14.1. The van der Waals surface area contributed by atoms with E-state index in [9.17, 15) is 18.0 Å². The molecule has 2 rings (SSSR count). The van der Waals surface area contributed by atoms with Crippen molar-refractivity contribution in [2.24, 2.45) is 0 Å². The van der Waals surface area contributed by atoms with E-state index in [1.165, 1.54) is 19.4 Å². The monoisotopic (exact) mass is 509 g/mol. The van der Waals surface area contributed by atoms with Crippen molar-refractivity contribution in [1.82, 2.24) is 5.32 Å². The van der Waals surface area contributed by atoms with Crippen LogP contribution >= 0.6 is 15.9 Å². The van der Waals surface area contributed by atoms with Crippen molar-refractivity contribution < 1.29 is 27.5 Å². The molecule has 2 aromatic carbocycles. The molecule has 0 aliphatic rings. The molecule has 0 atom stereocenters. The molecule has 0 unspecified atom stereocenters. The van der Waals surface area contributed by atoms with Crippen molar-refractivity contribution in [2.75, 3.05) is 13.4 Å². The van der Waals surface area contributed by atoms with E-state index in [1.807, 2.05) is 18.2 Å². The Labute approximate surface area is 190 Å². The van der Waals surface area contributed by atoms with E-state index in [0.717, 1.165) is 5.56 Å². The summed E-state index contributed by atoms with van der Waals surface area (Å²) in [5.41, 5.74) is 1.79. The van der Waals surface area contributed by atoms with Crippen molar-refractivity contribution in [3.05, 3.63) is 75.4 Å². The molecular weight excluding hydrogens is 486 g/mol. The number of alkyl carbamates (subject to hydrolysis) is 1. The van der Waals surface area contributed by atoms with Gasteiger partial charge in [-0.1, -0.05) is 58.4 Å². The number of ether oxygens (including phenoxy) is 2. The minimum Gasteiger partial charge on any atom is -0.464 e. The zero-order valence-corrected chi connectivity index (χ0v) is 20.0. The third kappa shape index (κ3) is 6.41. The van der Waals surface area contributed by atoms with Gasteiger partial charge in [0.25, 0.3) is 0 Å². The number of hydrogen-bond acceptors (Lipinski definition) is 6. The first-order chi connectivity index (χ1) is 14.5. The summed E-state index contributed by atoms with van der Waals surface area (Å²) in [6.07, 6.45) is 1.78. The van der Waals surface area contributed by atoms with E-state index >= 15 is 0 Å². The average molecular weight is 510 g/mol. The number of hydrogen-bond donors (Lipinski definition) is 1. The number of sulfone groups is 1. The molecule has 0 heterocycles. The Hall–Kier alpha value is -2.65. The Morgan fingerprint density at radius 3 is 2.32 bits per heavy atom. The molecule has 166 valence electrons. The van der Waals surface area contributed by atoms with Crippen LogP contribution in [0.3, 0.4) is 0 Å². The van der Waals surface area contributed by atoms with Crippen molar-refractivity contribution in [3.63, 3.8) is 0 Å². The molecule has 0 saturated heterocycles. The third-order valence-electron chi connectivity index (χ3n) is 4.78. The zero-order chi connectivity index (χ0) is 23.2. The second-order valence-corrected chi connectivity index (χ2v) is 10.7. The van der Waals surface area contributed by atoms with Gasteiger partial charge in [0.2, 0.25) is 0 Å². The van der Waals surface area contributed by atoms with Gasteiger partial charge in [0, 0.05) is 10.7 Å². The van der Waals surface area contributed by atoms with Gasteiger partial charge in [-0.25, -0.2) is 18.0 Å². The number of esters is 1. The molecule has 0 saturated carbocycles. The minimum absolute atomic E-state index is 0.0418. The molecule has 1 amide bonds. The van der Waals surface area contributed by atoms with E-state index in [-0.39, 0.29) is 12.3 Å². The summed E-state index contributed by atoms with van der Waals surface area (Å²) >= 11 is 3.40. The van der Waals surface area contributed by atoms with Gasteiger partial charge in [-0.15, -0.1) is 0 Å². The fourth-order valence-electron chi connectivity index (χ4n) is 2.51. The van der Waals surface area contributed by atoms with Crippen molar-refractivity contribution in [3.8, 4) is 0 Å². The molecule has 0 radical (unpaired) electrons. The maximum Gasteiger partial charge on any atom is 0.412 e. The molecule has 9 heteroatoms. The number of carbonyl (C=O) groups excluding carboxylic acids is 2. The Kier molecular flexibility index (Phi) is 8.02. The van der Waals surface area contributed by atoms with E-state index in [2.05, 4.69) is 21.2 Å². The van der Waals surface area contributed by atoms with E-state index < -0.39 is 26.6 Å². The average Bonchev–Trinajstić information content (AvgIpc) is 2.72. The van der Waals surface area contributed by atoms with Crippen LogP contribution in [0.25, 0.3) is 6.08 Å². The van der Waals surface area contributed by atoms with Crippen LogP contribution in [0.1, 0.15) is 30.5 Å². The quantitative estimate of drug-likeness (QED) is 0.444. The van der Waals surface area contributed by atoms with Gasteiger partial charge in [0.1, 0.15) is 12.3 Å². The lowest BCUT2D eigenvalue weighted by molar-refractivity contribution is -0.136. The summed E-state index contributed by atoms with van der Waals surface area (Å²) < 4.78 is 33.5. The summed E-state index contributed by atoms with van der Waals surface area (Å²) in [4.78, 5) is 24.3. The van der Waals surface area contributed by atoms with E-state index in [4.69, 9.17) is 9.47 Å². The molecule has 0 spiro atoms. The molecule has 0 aliphatic heterocycles. The third-order valence-corrected chi connectivity index (χ3v) is 7.55. The van der Waals surface area contributed by atoms with Crippen LogP contribution < -0.4 is 5.32 Å². The number of benzene rings is 2. The Morgan fingerprint density at radius 1 is 1.13 bits per heavy atom. The highest BCUT2D eigenvalue weighted by Crippen LogP contribution is 2.32. The van der Waals surface area contributed by atoms with Crippen LogP contribution in [0.15, 0.2) is 58.7 Å². The van der Waals surface area contributed by atoms with Gasteiger partial charge in [-0.2, -0.15) is 0 Å². The number of halogens is 1. The predicted molar refractivity (Wildman–Crippen MR) is 122 cm³/mol. The largest absolute Gasteiger partial charge is 0.464 e. The van der Waals surface area contributed by atoms with Crippen molar-refractivity contribution >= 4 is 43.9 Å². The molecule has 7 nitrogen and oxygen atoms in total. The molecule has 0 aliphatic carbocycles. The molecular formula is C22H24BrNO6S. The fourth-order valence-corrected chi connectivity index (χ4v) is 3.56. The highest BCUT2D eigenvalue weighted by atomic mass is 79.9. The van der Waals surface area contributed by atoms with Crippen LogP contribution in [-0.4, -0.2) is 33.8 Å². The van der Waals surface area contributed by atoms with Gasteiger partial charge in [0.15, 0.2) is 9.84 Å². The van der Waals surface area contributed by atoms with Gasteiger partial charge in [-0.3, -0.25) is 5.32 Å². The normalized spacial score (nSPS) is 12.2. The lowest BCUT2D eigenvalue weighted by atomic mass is 10.0. The SMILES string of the molecule is COC(=O)/C(=C/c1ccc(C(C)(C)S(C)(=O)=O)cc1Br)NC(=O)OCc1ccccc1. The van der Waals surface area contributed by atoms with Crippen molar-refractivity contribution in [2.45, 2.75) is 25.2 Å². The molecule has 0 fully saturated rings. The highest BCUT2D eigenvalue weighted by molar-refractivity contribution is 9.10. The topological polar surface area (TPSA) is 98.8 Å². The maximum atomic E-state index is 12.2. The lowest BCUT2D eigenvalue weighted by Gasteiger charge is -2.23. The van der Waals surface area contributed by atoms with Gasteiger partial charge in [0.05, 0.1) is 11.9 Å². The van der Waals surface area contributed by atoms with Crippen LogP contribution in [0.4, 0.5) is 4.79 Å². The summed E-state index contributed by atoms with van der Waals surface area (Å²) in [6.45, 7) is 3.27. The first kappa shape index (κ1) is 24.6. The van der Waals surface area contributed by atoms with Crippen LogP contribution in [-0.2, 0) is 35.5 Å². The Bertz CT molecular complexity index is 1090. The Morgan fingerprint density at radius 2 is 1.77 bits per heavy atom. The van der Waals surface area contributed by atoms with Gasteiger partial charge in [-0.05, 0) is 42.7 Å². The van der Waals surface area contributed by atoms with Gasteiger partial charge < -0.3 is 9.47 Å². The number of amides is 1.